The van der Waals surface area contributed by atoms with Crippen LogP contribution in [-0.4, -0.2) is 55.9 Å². The highest BCUT2D eigenvalue weighted by molar-refractivity contribution is 5.95. The van der Waals surface area contributed by atoms with Crippen molar-refractivity contribution in [2.75, 3.05) is 24.5 Å². The number of hydrogen-bond donors (Lipinski definition) is 0. The Kier molecular flexibility index (Phi) is 3.82. The van der Waals surface area contributed by atoms with E-state index in [9.17, 15) is 9.59 Å². The molecule has 0 N–H and O–H groups in total. The molecule has 1 atom stereocenters. The van der Waals surface area contributed by atoms with Crippen LogP contribution in [0.15, 0.2) is 18.5 Å². The molecule has 0 saturated carbocycles. The average Bonchev–Trinajstić information content (AvgIpc) is 3.32. The van der Waals surface area contributed by atoms with Crippen molar-refractivity contribution in [2.24, 2.45) is 7.05 Å². The smallest absolute Gasteiger partial charge is 0.272 e. The zero-order valence-corrected chi connectivity index (χ0v) is 14.6. The van der Waals surface area contributed by atoms with Gasteiger partial charge in [0.1, 0.15) is 5.69 Å². The van der Waals surface area contributed by atoms with Gasteiger partial charge in [0.25, 0.3) is 5.91 Å². The van der Waals surface area contributed by atoms with Gasteiger partial charge in [-0.1, -0.05) is 0 Å². The highest BCUT2D eigenvalue weighted by Crippen LogP contribution is 2.26. The summed E-state index contributed by atoms with van der Waals surface area (Å²) >= 11 is 0. The maximum atomic E-state index is 12.7. The normalized spacial score (nSPS) is 20.7. The van der Waals surface area contributed by atoms with E-state index in [4.69, 9.17) is 0 Å². The van der Waals surface area contributed by atoms with Gasteiger partial charge in [0.05, 0.1) is 23.6 Å². The van der Waals surface area contributed by atoms with E-state index in [-0.39, 0.29) is 17.9 Å². The van der Waals surface area contributed by atoms with E-state index in [0.29, 0.717) is 25.2 Å². The van der Waals surface area contributed by atoms with Gasteiger partial charge >= 0.3 is 0 Å². The average molecular weight is 342 g/mol. The van der Waals surface area contributed by atoms with E-state index >= 15 is 0 Å². The lowest BCUT2D eigenvalue weighted by Crippen LogP contribution is -2.30. The van der Waals surface area contributed by atoms with Gasteiger partial charge in [0.15, 0.2) is 0 Å². The quantitative estimate of drug-likeness (QED) is 0.838. The second-order valence-electron chi connectivity index (χ2n) is 6.82. The predicted molar refractivity (Wildman–Crippen MR) is 91.3 cm³/mol. The first-order chi connectivity index (χ1) is 12.0. The summed E-state index contributed by atoms with van der Waals surface area (Å²) < 4.78 is 3.53. The van der Waals surface area contributed by atoms with Crippen LogP contribution in [0.4, 0.5) is 5.69 Å². The molecule has 2 aromatic heterocycles. The minimum absolute atomic E-state index is 0.00713. The highest BCUT2D eigenvalue weighted by atomic mass is 16.2. The first-order valence-electron chi connectivity index (χ1n) is 8.67. The summed E-state index contributed by atoms with van der Waals surface area (Å²) in [6.07, 6.45) is 6.05. The molecule has 0 bridgehead atoms. The second kappa shape index (κ2) is 6.02. The number of nitrogens with zero attached hydrogens (tertiary/aromatic N) is 6. The molecular weight excluding hydrogens is 320 g/mol. The summed E-state index contributed by atoms with van der Waals surface area (Å²) in [4.78, 5) is 28.2. The zero-order chi connectivity index (χ0) is 17.6. The van der Waals surface area contributed by atoms with Gasteiger partial charge < -0.3 is 9.80 Å². The maximum Gasteiger partial charge on any atom is 0.272 e. The van der Waals surface area contributed by atoms with Crippen LogP contribution < -0.4 is 4.90 Å². The lowest BCUT2D eigenvalue weighted by atomic mass is 10.3. The number of carbonyl (C=O) groups excluding carboxylic acids is 2. The molecule has 2 aliphatic rings. The first-order valence-corrected chi connectivity index (χ1v) is 8.67. The standard InChI is InChI=1S/C17H22N6O2/c1-12-8-15(20(2)19-12)17(25)21-7-5-13(10-21)23-11-14(9-18-23)22-6-3-4-16(22)24/h8-9,11,13H,3-7,10H2,1-2H3. The molecule has 2 amide bonds. The van der Waals surface area contributed by atoms with E-state index in [1.54, 1.807) is 22.8 Å². The van der Waals surface area contributed by atoms with Crippen LogP contribution in [0.25, 0.3) is 0 Å². The van der Waals surface area contributed by atoms with E-state index in [1.807, 2.05) is 28.8 Å². The number of aromatic nitrogens is 4. The van der Waals surface area contributed by atoms with Gasteiger partial charge in [-0.3, -0.25) is 19.0 Å². The van der Waals surface area contributed by atoms with Crippen molar-refractivity contribution in [2.45, 2.75) is 32.2 Å². The van der Waals surface area contributed by atoms with Gasteiger partial charge in [-0.05, 0) is 25.8 Å². The number of carbonyl (C=O) groups is 2. The van der Waals surface area contributed by atoms with Gasteiger partial charge in [-0.25, -0.2) is 0 Å². The van der Waals surface area contributed by atoms with Crippen LogP contribution in [-0.2, 0) is 11.8 Å². The number of hydrogen-bond acceptors (Lipinski definition) is 4. The summed E-state index contributed by atoms with van der Waals surface area (Å²) in [6.45, 7) is 3.97. The van der Waals surface area contributed by atoms with Crippen molar-refractivity contribution in [1.82, 2.24) is 24.5 Å². The molecule has 4 heterocycles. The van der Waals surface area contributed by atoms with Crippen molar-refractivity contribution in [3.8, 4) is 0 Å². The Morgan fingerprint density at radius 1 is 1.32 bits per heavy atom. The molecule has 1 unspecified atom stereocenters. The van der Waals surface area contributed by atoms with Gasteiger partial charge in [-0.15, -0.1) is 0 Å². The Balaban J connectivity index is 1.46. The van der Waals surface area contributed by atoms with Crippen LogP contribution >= 0.6 is 0 Å². The van der Waals surface area contributed by atoms with Crippen molar-refractivity contribution < 1.29 is 9.59 Å². The Morgan fingerprint density at radius 3 is 2.84 bits per heavy atom. The number of anilines is 1. The SMILES string of the molecule is Cc1cc(C(=O)N2CCC(n3cc(N4CCCC4=O)cn3)C2)n(C)n1. The summed E-state index contributed by atoms with van der Waals surface area (Å²) in [6, 6.07) is 1.96. The number of rotatable bonds is 3. The fraction of sp³-hybridized carbons (Fsp3) is 0.529. The third-order valence-electron chi connectivity index (χ3n) is 5.02. The third kappa shape index (κ3) is 2.81. The molecular formula is C17H22N6O2. The largest absolute Gasteiger partial charge is 0.335 e. The molecule has 2 fully saturated rings. The minimum atomic E-state index is 0.00713. The molecule has 2 aliphatic heterocycles. The predicted octanol–water partition coefficient (Wildman–Crippen LogP) is 1.14. The molecule has 2 aromatic rings. The van der Waals surface area contributed by atoms with Crippen molar-refractivity contribution >= 4 is 17.5 Å². The summed E-state index contributed by atoms with van der Waals surface area (Å²) in [5.41, 5.74) is 2.31. The molecule has 0 radical (unpaired) electrons. The summed E-state index contributed by atoms with van der Waals surface area (Å²) in [5.74, 6) is 0.169. The van der Waals surface area contributed by atoms with Gasteiger partial charge in [0.2, 0.25) is 5.91 Å². The van der Waals surface area contributed by atoms with Crippen LogP contribution in [0, 0.1) is 6.92 Å². The Labute approximate surface area is 146 Å². The van der Waals surface area contributed by atoms with E-state index in [2.05, 4.69) is 10.2 Å². The first kappa shape index (κ1) is 15.9. The van der Waals surface area contributed by atoms with Crippen molar-refractivity contribution in [3.63, 3.8) is 0 Å². The summed E-state index contributed by atoms with van der Waals surface area (Å²) in [5, 5.41) is 8.68. The number of aryl methyl sites for hydroxylation is 2. The fourth-order valence-electron chi connectivity index (χ4n) is 3.70. The lowest BCUT2D eigenvalue weighted by molar-refractivity contribution is -0.117. The number of likely N-dealkylation sites (tertiary alicyclic amines) is 1. The van der Waals surface area contributed by atoms with Gasteiger partial charge in [0, 0.05) is 39.3 Å². The molecule has 8 nitrogen and oxygen atoms in total. The molecule has 0 spiro atoms. The van der Waals surface area contributed by atoms with Crippen LogP contribution in [0.1, 0.15) is 41.5 Å². The fourth-order valence-corrected chi connectivity index (χ4v) is 3.70. The third-order valence-corrected chi connectivity index (χ3v) is 5.02. The topological polar surface area (TPSA) is 76.3 Å². The molecule has 132 valence electrons. The summed E-state index contributed by atoms with van der Waals surface area (Å²) in [7, 11) is 1.79. The molecule has 25 heavy (non-hydrogen) atoms. The Hall–Kier alpha value is -2.64. The zero-order valence-electron chi connectivity index (χ0n) is 14.6. The Morgan fingerprint density at radius 2 is 2.16 bits per heavy atom. The monoisotopic (exact) mass is 342 g/mol. The van der Waals surface area contributed by atoms with Crippen LogP contribution in [0.5, 0.6) is 0 Å². The molecule has 0 aliphatic carbocycles. The molecule has 0 aromatic carbocycles. The maximum absolute atomic E-state index is 12.7. The Bertz CT molecular complexity index is 823. The van der Waals surface area contributed by atoms with Gasteiger partial charge in [-0.2, -0.15) is 10.2 Å². The minimum Gasteiger partial charge on any atom is -0.335 e. The van der Waals surface area contributed by atoms with Crippen LogP contribution in [0.3, 0.4) is 0 Å². The van der Waals surface area contributed by atoms with E-state index in [0.717, 1.165) is 30.8 Å². The van der Waals surface area contributed by atoms with E-state index in [1.165, 1.54) is 0 Å². The highest BCUT2D eigenvalue weighted by Gasteiger charge is 2.31. The van der Waals surface area contributed by atoms with Crippen molar-refractivity contribution in [3.05, 3.63) is 29.8 Å². The second-order valence-corrected chi connectivity index (χ2v) is 6.82. The number of amides is 2. The van der Waals surface area contributed by atoms with E-state index < -0.39 is 0 Å². The molecule has 4 rings (SSSR count). The van der Waals surface area contributed by atoms with Crippen LogP contribution in [0.2, 0.25) is 0 Å². The lowest BCUT2D eigenvalue weighted by Gasteiger charge is -2.17. The molecule has 2 saturated heterocycles. The van der Waals surface area contributed by atoms with Crippen molar-refractivity contribution in [1.29, 1.82) is 0 Å². The molecule has 8 heteroatoms.